The maximum absolute atomic E-state index is 13.5. The van der Waals surface area contributed by atoms with E-state index in [4.69, 9.17) is 13.9 Å². The number of aryl methyl sites for hydroxylation is 1. The van der Waals surface area contributed by atoms with E-state index in [-0.39, 0.29) is 35.8 Å². The SMILES string of the molecule is COc1ccc(OC)c(C2c3c(oc4ccc(C)cc4c3=O)C(=O)N2CCCO)c1. The van der Waals surface area contributed by atoms with Crippen molar-refractivity contribution in [2.45, 2.75) is 19.4 Å². The number of fused-ring (bicyclic) bond motifs is 2. The Kier molecular flexibility index (Phi) is 5.22. The van der Waals surface area contributed by atoms with Crippen molar-refractivity contribution < 1.29 is 23.8 Å². The third-order valence-corrected chi connectivity index (χ3v) is 5.41. The Balaban J connectivity index is 2.02. The summed E-state index contributed by atoms with van der Waals surface area (Å²) in [6, 6.07) is 9.86. The van der Waals surface area contributed by atoms with Crippen LogP contribution in [-0.4, -0.2) is 43.3 Å². The molecule has 1 N–H and O–H groups in total. The fraction of sp³-hybridized carbons (Fsp3) is 0.304. The molecule has 0 bridgehead atoms. The highest BCUT2D eigenvalue weighted by Gasteiger charge is 2.43. The zero-order valence-electron chi connectivity index (χ0n) is 17.1. The molecule has 0 spiro atoms. The molecule has 1 aromatic heterocycles. The number of nitrogens with zero attached hydrogens (tertiary/aromatic N) is 1. The summed E-state index contributed by atoms with van der Waals surface area (Å²) in [7, 11) is 3.08. The minimum absolute atomic E-state index is 0.0316. The summed E-state index contributed by atoms with van der Waals surface area (Å²) in [5.41, 5.74) is 1.96. The number of ether oxygens (including phenoxy) is 2. The molecule has 0 saturated heterocycles. The molecule has 7 nitrogen and oxygen atoms in total. The number of benzene rings is 2. The van der Waals surface area contributed by atoms with Crippen LogP contribution < -0.4 is 14.9 Å². The first-order chi connectivity index (χ1) is 14.5. The predicted molar refractivity (Wildman–Crippen MR) is 111 cm³/mol. The van der Waals surface area contributed by atoms with Crippen LogP contribution in [0.3, 0.4) is 0 Å². The van der Waals surface area contributed by atoms with Crippen molar-refractivity contribution in [1.82, 2.24) is 4.90 Å². The second-order valence-electron chi connectivity index (χ2n) is 7.26. The lowest BCUT2D eigenvalue weighted by Gasteiger charge is -2.26. The number of amides is 1. The van der Waals surface area contributed by atoms with Gasteiger partial charge in [0.05, 0.1) is 31.2 Å². The van der Waals surface area contributed by atoms with Crippen LogP contribution in [-0.2, 0) is 0 Å². The molecule has 1 amide bonds. The first-order valence-electron chi connectivity index (χ1n) is 9.71. The van der Waals surface area contributed by atoms with Gasteiger partial charge in [0.2, 0.25) is 5.76 Å². The highest BCUT2D eigenvalue weighted by Crippen LogP contribution is 2.42. The van der Waals surface area contributed by atoms with Crippen LogP contribution in [0.25, 0.3) is 11.0 Å². The first kappa shape index (κ1) is 20.0. The molecule has 1 aliphatic rings. The molecule has 7 heteroatoms. The monoisotopic (exact) mass is 409 g/mol. The number of aliphatic hydroxyl groups excluding tert-OH is 1. The second kappa shape index (κ2) is 7.84. The Morgan fingerprint density at radius 2 is 1.90 bits per heavy atom. The van der Waals surface area contributed by atoms with Crippen LogP contribution >= 0.6 is 0 Å². The van der Waals surface area contributed by atoms with Crippen molar-refractivity contribution in [3.05, 3.63) is 69.1 Å². The molecule has 0 saturated carbocycles. The van der Waals surface area contributed by atoms with Crippen LogP contribution in [0.2, 0.25) is 0 Å². The largest absolute Gasteiger partial charge is 0.497 e. The lowest BCUT2D eigenvalue weighted by Crippen LogP contribution is -2.31. The Labute approximate surface area is 173 Å². The molecule has 0 radical (unpaired) electrons. The quantitative estimate of drug-likeness (QED) is 0.673. The molecule has 4 rings (SSSR count). The van der Waals surface area contributed by atoms with Gasteiger partial charge in [-0.2, -0.15) is 0 Å². The molecule has 2 heterocycles. The fourth-order valence-corrected chi connectivity index (χ4v) is 3.98. The third-order valence-electron chi connectivity index (χ3n) is 5.41. The van der Waals surface area contributed by atoms with Crippen LogP contribution in [0, 0.1) is 6.92 Å². The van der Waals surface area contributed by atoms with E-state index in [1.54, 1.807) is 42.3 Å². The van der Waals surface area contributed by atoms with Crippen molar-refractivity contribution in [3.63, 3.8) is 0 Å². The van der Waals surface area contributed by atoms with Gasteiger partial charge in [-0.1, -0.05) is 11.6 Å². The summed E-state index contributed by atoms with van der Waals surface area (Å²) >= 11 is 0. The van der Waals surface area contributed by atoms with Crippen molar-refractivity contribution in [2.75, 3.05) is 27.4 Å². The predicted octanol–water partition coefficient (Wildman–Crippen LogP) is 3.05. The average Bonchev–Trinajstić information content (AvgIpc) is 3.04. The minimum atomic E-state index is -0.703. The molecule has 1 unspecified atom stereocenters. The Bertz CT molecular complexity index is 1180. The lowest BCUT2D eigenvalue weighted by molar-refractivity contribution is 0.0715. The molecule has 0 fully saturated rings. The van der Waals surface area contributed by atoms with Gasteiger partial charge in [0.1, 0.15) is 17.1 Å². The van der Waals surface area contributed by atoms with Gasteiger partial charge in [0, 0.05) is 18.7 Å². The number of carbonyl (C=O) groups excluding carboxylic acids is 1. The van der Waals surface area contributed by atoms with E-state index in [0.29, 0.717) is 34.5 Å². The van der Waals surface area contributed by atoms with Gasteiger partial charge >= 0.3 is 0 Å². The Hall–Kier alpha value is -3.32. The summed E-state index contributed by atoms with van der Waals surface area (Å²) in [4.78, 5) is 28.3. The normalized spacial score (nSPS) is 15.5. The molecule has 3 aromatic rings. The Morgan fingerprint density at radius 1 is 1.10 bits per heavy atom. The zero-order chi connectivity index (χ0) is 21.4. The van der Waals surface area contributed by atoms with E-state index in [1.165, 1.54) is 7.11 Å². The molecular weight excluding hydrogens is 386 g/mol. The van der Waals surface area contributed by atoms with Gasteiger partial charge in [0.15, 0.2) is 5.43 Å². The average molecular weight is 409 g/mol. The minimum Gasteiger partial charge on any atom is -0.497 e. The number of methoxy groups -OCH3 is 2. The van der Waals surface area contributed by atoms with Crippen LogP contribution in [0.4, 0.5) is 0 Å². The Morgan fingerprint density at radius 3 is 2.60 bits per heavy atom. The summed E-state index contributed by atoms with van der Waals surface area (Å²) in [6.07, 6.45) is 0.370. The summed E-state index contributed by atoms with van der Waals surface area (Å²) in [5, 5.41) is 9.77. The standard InChI is InChI=1S/C23H23NO6/c1-13-5-7-18-16(11-13)21(26)19-20(15-12-14(28-2)6-8-17(15)29-3)24(9-4-10-25)23(27)22(19)30-18/h5-8,11-12,20,25H,4,9-10H2,1-3H3. The van der Waals surface area contributed by atoms with Crippen LogP contribution in [0.1, 0.15) is 39.7 Å². The first-order valence-corrected chi connectivity index (χ1v) is 9.71. The lowest BCUT2D eigenvalue weighted by atomic mass is 9.97. The maximum Gasteiger partial charge on any atom is 0.290 e. The van der Waals surface area contributed by atoms with Gasteiger partial charge in [0.25, 0.3) is 5.91 Å². The van der Waals surface area contributed by atoms with Gasteiger partial charge in [-0.15, -0.1) is 0 Å². The highest BCUT2D eigenvalue weighted by molar-refractivity contribution is 5.99. The zero-order valence-corrected chi connectivity index (χ0v) is 17.1. The number of hydrogen-bond donors (Lipinski definition) is 1. The number of hydrogen-bond acceptors (Lipinski definition) is 6. The van der Waals surface area contributed by atoms with E-state index < -0.39 is 6.04 Å². The van der Waals surface area contributed by atoms with Crippen molar-refractivity contribution >= 4 is 16.9 Å². The molecule has 1 atom stereocenters. The van der Waals surface area contributed by atoms with Gasteiger partial charge < -0.3 is 23.9 Å². The topological polar surface area (TPSA) is 89.2 Å². The van der Waals surface area contributed by atoms with E-state index >= 15 is 0 Å². The van der Waals surface area contributed by atoms with Crippen molar-refractivity contribution in [3.8, 4) is 11.5 Å². The van der Waals surface area contributed by atoms with Gasteiger partial charge in [-0.3, -0.25) is 9.59 Å². The third kappa shape index (κ3) is 3.11. The van der Waals surface area contributed by atoms with Crippen molar-refractivity contribution in [2.24, 2.45) is 0 Å². The fourth-order valence-electron chi connectivity index (χ4n) is 3.98. The number of carbonyl (C=O) groups is 1. The molecule has 0 aliphatic carbocycles. The van der Waals surface area contributed by atoms with E-state index in [9.17, 15) is 14.7 Å². The van der Waals surface area contributed by atoms with E-state index in [0.717, 1.165) is 5.56 Å². The number of aliphatic hydroxyl groups is 1. The maximum atomic E-state index is 13.5. The second-order valence-corrected chi connectivity index (χ2v) is 7.26. The summed E-state index contributed by atoms with van der Waals surface area (Å²) in [5.74, 6) is 0.756. The smallest absolute Gasteiger partial charge is 0.290 e. The summed E-state index contributed by atoms with van der Waals surface area (Å²) < 4.78 is 16.8. The molecular formula is C23H23NO6. The van der Waals surface area contributed by atoms with Crippen LogP contribution in [0.15, 0.2) is 45.6 Å². The molecule has 1 aliphatic heterocycles. The van der Waals surface area contributed by atoms with Crippen LogP contribution in [0.5, 0.6) is 11.5 Å². The molecule has 156 valence electrons. The molecule has 2 aromatic carbocycles. The highest BCUT2D eigenvalue weighted by atomic mass is 16.5. The van der Waals surface area contributed by atoms with E-state index in [2.05, 4.69) is 0 Å². The van der Waals surface area contributed by atoms with Crippen molar-refractivity contribution in [1.29, 1.82) is 0 Å². The summed E-state index contributed by atoms with van der Waals surface area (Å²) in [6.45, 7) is 2.08. The van der Waals surface area contributed by atoms with Gasteiger partial charge in [-0.25, -0.2) is 0 Å². The molecule has 30 heavy (non-hydrogen) atoms. The van der Waals surface area contributed by atoms with Gasteiger partial charge in [-0.05, 0) is 43.7 Å². The van der Waals surface area contributed by atoms with E-state index in [1.807, 2.05) is 13.0 Å². The number of rotatable bonds is 6.